The molecule has 2 aliphatic carbocycles. The molecule has 4 radical (unpaired) electrons. The van der Waals surface area contributed by atoms with Crippen LogP contribution in [0.3, 0.4) is 0 Å². The van der Waals surface area contributed by atoms with E-state index in [9.17, 15) is 0 Å². The highest BCUT2D eigenvalue weighted by molar-refractivity contribution is 6.34. The molecule has 0 aromatic heterocycles. The Labute approximate surface area is 138 Å². The Morgan fingerprint density at radius 2 is 2.09 bits per heavy atom. The van der Waals surface area contributed by atoms with Crippen LogP contribution in [-0.2, 0) is 11.8 Å². The molecule has 1 aromatic rings. The minimum atomic E-state index is -0.746. The van der Waals surface area contributed by atoms with Crippen molar-refractivity contribution >= 4 is 15.7 Å². The normalized spacial score (nSPS) is 30.7. The topological polar surface area (TPSA) is 9.23 Å². The van der Waals surface area contributed by atoms with Crippen molar-refractivity contribution in [3.63, 3.8) is 0 Å². The molecule has 22 heavy (non-hydrogen) atoms. The van der Waals surface area contributed by atoms with Crippen LogP contribution < -0.4 is 4.74 Å². The molecule has 1 saturated carbocycles. The third-order valence-corrected chi connectivity index (χ3v) is 6.19. The molecule has 0 amide bonds. The van der Waals surface area contributed by atoms with Crippen LogP contribution in [0.5, 0.6) is 5.75 Å². The molecule has 0 aliphatic heterocycles. The van der Waals surface area contributed by atoms with E-state index >= 15 is 0 Å². The molecule has 0 saturated heterocycles. The van der Waals surface area contributed by atoms with Crippen molar-refractivity contribution < 1.29 is 4.74 Å². The molecule has 0 spiro atoms. The standard InChI is InChI=1S/C19H26B2O/c1-3-13-11-14-8-9-15(22-18(20)21)12-17(14)19(4-2)10-6-5-7-16(13)19/h8-9,12-13,16,18H,3-7,10-11H2,1-2H3/t13-,16?,19+/m0/s1. The minimum Gasteiger partial charge on any atom is -0.510 e. The van der Waals surface area contributed by atoms with Crippen molar-refractivity contribution in [2.45, 2.75) is 70.1 Å². The van der Waals surface area contributed by atoms with Crippen LogP contribution in [-0.4, -0.2) is 21.6 Å². The average molecular weight is 292 g/mol. The smallest absolute Gasteiger partial charge is 0.117 e. The highest BCUT2D eigenvalue weighted by Gasteiger charge is 2.47. The fourth-order valence-corrected chi connectivity index (χ4v) is 5.20. The monoisotopic (exact) mass is 292 g/mol. The zero-order chi connectivity index (χ0) is 15.7. The summed E-state index contributed by atoms with van der Waals surface area (Å²) in [5.41, 5.74) is 3.37. The van der Waals surface area contributed by atoms with Crippen LogP contribution in [0.2, 0.25) is 0 Å². The summed E-state index contributed by atoms with van der Waals surface area (Å²) < 4.78 is 5.56. The SMILES string of the molecule is [B]C([B])Oc1ccc2c(c1)[C@]1(CC)CCCCC1[C@@H](CC)C2. The van der Waals surface area contributed by atoms with E-state index in [4.69, 9.17) is 20.4 Å². The Hall–Kier alpha value is -0.850. The maximum absolute atomic E-state index is 5.60. The van der Waals surface area contributed by atoms with Crippen LogP contribution in [0.4, 0.5) is 0 Å². The summed E-state index contributed by atoms with van der Waals surface area (Å²) in [5, 5.41) is 0. The van der Waals surface area contributed by atoms with Crippen molar-refractivity contribution in [1.29, 1.82) is 0 Å². The molecular formula is C19H26B2O. The van der Waals surface area contributed by atoms with E-state index in [1.54, 1.807) is 0 Å². The van der Waals surface area contributed by atoms with Crippen molar-refractivity contribution in [2.24, 2.45) is 11.8 Å². The third-order valence-electron chi connectivity index (χ3n) is 6.19. The molecule has 0 heterocycles. The third kappa shape index (κ3) is 2.61. The van der Waals surface area contributed by atoms with Gasteiger partial charge in [0.05, 0.1) is 0 Å². The second kappa shape index (κ2) is 6.34. The molecule has 0 N–H and O–H groups in total. The first-order valence-corrected chi connectivity index (χ1v) is 8.92. The van der Waals surface area contributed by atoms with E-state index < -0.39 is 5.90 Å². The molecule has 3 atom stereocenters. The summed E-state index contributed by atoms with van der Waals surface area (Å²) >= 11 is 0. The summed E-state index contributed by atoms with van der Waals surface area (Å²) in [6, 6.07) is 6.51. The number of hydrogen-bond donors (Lipinski definition) is 0. The number of benzene rings is 1. The molecule has 3 rings (SSSR count). The Bertz CT molecular complexity index is 528. The van der Waals surface area contributed by atoms with E-state index in [1.165, 1.54) is 56.1 Å². The van der Waals surface area contributed by atoms with E-state index in [-0.39, 0.29) is 0 Å². The van der Waals surface area contributed by atoms with Crippen LogP contribution in [0.15, 0.2) is 18.2 Å². The summed E-state index contributed by atoms with van der Waals surface area (Å²) in [4.78, 5) is 0. The molecule has 2 aliphatic rings. The lowest BCUT2D eigenvalue weighted by molar-refractivity contribution is 0.0953. The van der Waals surface area contributed by atoms with Gasteiger partial charge in [-0.25, -0.2) is 0 Å². The highest BCUT2D eigenvalue weighted by atomic mass is 16.5. The van der Waals surface area contributed by atoms with Crippen LogP contribution >= 0.6 is 0 Å². The molecule has 0 bridgehead atoms. The summed E-state index contributed by atoms with van der Waals surface area (Å²) in [7, 11) is 11.2. The van der Waals surface area contributed by atoms with Gasteiger partial charge in [-0.15, -0.1) is 0 Å². The summed E-state index contributed by atoms with van der Waals surface area (Å²) in [6.45, 7) is 4.72. The Morgan fingerprint density at radius 3 is 2.77 bits per heavy atom. The van der Waals surface area contributed by atoms with Gasteiger partial charge in [0.15, 0.2) is 0 Å². The van der Waals surface area contributed by atoms with E-state index in [1.807, 2.05) is 6.07 Å². The Morgan fingerprint density at radius 1 is 1.27 bits per heavy atom. The summed E-state index contributed by atoms with van der Waals surface area (Å²) in [6.07, 6.45) is 9.16. The fraction of sp³-hybridized carbons (Fsp3) is 0.684. The first-order chi connectivity index (χ1) is 10.6. The minimum absolute atomic E-state index is 0.338. The van der Waals surface area contributed by atoms with Gasteiger partial charge in [0.1, 0.15) is 21.4 Å². The quantitative estimate of drug-likeness (QED) is 0.759. The van der Waals surface area contributed by atoms with E-state index in [2.05, 4.69) is 26.0 Å². The van der Waals surface area contributed by atoms with Crippen LogP contribution in [0.25, 0.3) is 0 Å². The van der Waals surface area contributed by atoms with Crippen LogP contribution in [0.1, 0.15) is 63.5 Å². The Kier molecular flexibility index (Phi) is 4.61. The molecule has 114 valence electrons. The van der Waals surface area contributed by atoms with Gasteiger partial charge in [-0.05, 0) is 66.2 Å². The maximum atomic E-state index is 5.60. The van der Waals surface area contributed by atoms with E-state index in [0.717, 1.165) is 17.6 Å². The number of ether oxygens (including phenoxy) is 1. The van der Waals surface area contributed by atoms with Gasteiger partial charge >= 0.3 is 0 Å². The first-order valence-electron chi connectivity index (χ1n) is 8.92. The molecule has 1 fully saturated rings. The van der Waals surface area contributed by atoms with E-state index in [0.29, 0.717) is 5.41 Å². The predicted octanol–water partition coefficient (Wildman–Crippen LogP) is 4.11. The number of hydrogen-bond acceptors (Lipinski definition) is 1. The molecule has 1 unspecified atom stereocenters. The lowest BCUT2D eigenvalue weighted by Gasteiger charge is -2.52. The molecule has 1 aromatic carbocycles. The van der Waals surface area contributed by atoms with Gasteiger partial charge in [0, 0.05) is 5.90 Å². The zero-order valence-corrected chi connectivity index (χ0v) is 14.0. The second-order valence-corrected chi connectivity index (χ2v) is 7.14. The van der Waals surface area contributed by atoms with Gasteiger partial charge in [-0.2, -0.15) is 0 Å². The lowest BCUT2D eigenvalue weighted by atomic mass is 9.52. The molecular weight excluding hydrogens is 266 g/mol. The fourth-order valence-electron chi connectivity index (χ4n) is 5.20. The number of fused-ring (bicyclic) bond motifs is 3. The summed E-state index contributed by atoms with van der Waals surface area (Å²) in [5.74, 6) is 1.73. The predicted molar refractivity (Wildman–Crippen MR) is 93.8 cm³/mol. The average Bonchev–Trinajstić information content (AvgIpc) is 2.53. The Balaban J connectivity index is 2.06. The highest BCUT2D eigenvalue weighted by Crippen LogP contribution is 2.55. The lowest BCUT2D eigenvalue weighted by Crippen LogP contribution is -2.46. The van der Waals surface area contributed by atoms with Crippen LogP contribution in [0, 0.1) is 11.8 Å². The van der Waals surface area contributed by atoms with Crippen molar-refractivity contribution in [3.8, 4) is 5.75 Å². The first kappa shape index (κ1) is 16.0. The van der Waals surface area contributed by atoms with Gasteiger partial charge < -0.3 is 4.74 Å². The van der Waals surface area contributed by atoms with Gasteiger partial charge in [-0.1, -0.05) is 39.2 Å². The van der Waals surface area contributed by atoms with Crippen molar-refractivity contribution in [1.82, 2.24) is 0 Å². The maximum Gasteiger partial charge on any atom is 0.117 e. The molecule has 3 heteroatoms. The van der Waals surface area contributed by atoms with Crippen molar-refractivity contribution in [2.75, 3.05) is 0 Å². The number of rotatable bonds is 4. The molecule has 1 nitrogen and oxygen atoms in total. The van der Waals surface area contributed by atoms with Gasteiger partial charge in [-0.3, -0.25) is 0 Å². The largest absolute Gasteiger partial charge is 0.510 e. The zero-order valence-electron chi connectivity index (χ0n) is 14.0. The van der Waals surface area contributed by atoms with Gasteiger partial charge in [0.25, 0.3) is 0 Å². The second-order valence-electron chi connectivity index (χ2n) is 7.14. The van der Waals surface area contributed by atoms with Crippen molar-refractivity contribution in [3.05, 3.63) is 29.3 Å². The van der Waals surface area contributed by atoms with Gasteiger partial charge in [0.2, 0.25) is 0 Å².